The Kier molecular flexibility index (Phi) is 6.87. The van der Waals surface area contributed by atoms with Crippen LogP contribution in [0.25, 0.3) is 0 Å². The van der Waals surface area contributed by atoms with E-state index in [4.69, 9.17) is 13.9 Å². The molecule has 1 aromatic heterocycles. The number of carboxylic acids is 1. The summed E-state index contributed by atoms with van der Waals surface area (Å²) in [6, 6.07) is 6.88. The average molecular weight is 375 g/mol. The van der Waals surface area contributed by atoms with Crippen molar-refractivity contribution in [1.29, 1.82) is 0 Å². The van der Waals surface area contributed by atoms with Crippen LogP contribution >= 0.6 is 0 Å². The minimum absolute atomic E-state index is 0.0856. The Morgan fingerprint density at radius 3 is 2.11 bits per heavy atom. The number of benzene rings is 1. The summed E-state index contributed by atoms with van der Waals surface area (Å²) in [5.41, 5.74) is 1.65. The monoisotopic (exact) mass is 375 g/mol. The highest BCUT2D eigenvalue weighted by Gasteiger charge is 2.24. The van der Waals surface area contributed by atoms with E-state index in [0.29, 0.717) is 23.5 Å². The minimum atomic E-state index is -1.10. The number of rotatable bonds is 9. The molecule has 0 unspecified atom stereocenters. The molecule has 1 aromatic carbocycles. The van der Waals surface area contributed by atoms with Crippen LogP contribution in [0.3, 0.4) is 0 Å². The standard InChI is InChI=1S/C20H25NO6/c1-5-14-9-18(27-17(14)6-2)20(24)21(12-19(22)23)11-13-7-15(25-3)10-16(8-13)26-4/h7-10H,5-6,11-12H2,1-4H3,(H,22,23). The third-order valence-corrected chi connectivity index (χ3v) is 4.21. The maximum atomic E-state index is 12.9. The lowest BCUT2D eigenvalue weighted by Crippen LogP contribution is -2.35. The number of carbonyl (C=O) groups excluding carboxylic acids is 1. The molecular weight excluding hydrogens is 350 g/mol. The van der Waals surface area contributed by atoms with Crippen molar-refractivity contribution >= 4 is 11.9 Å². The van der Waals surface area contributed by atoms with Crippen LogP contribution in [0, 0.1) is 0 Å². The van der Waals surface area contributed by atoms with Gasteiger partial charge in [-0.2, -0.15) is 0 Å². The largest absolute Gasteiger partial charge is 0.497 e. The van der Waals surface area contributed by atoms with Crippen LogP contribution in [-0.4, -0.2) is 42.6 Å². The fourth-order valence-electron chi connectivity index (χ4n) is 2.87. The van der Waals surface area contributed by atoms with Crippen molar-refractivity contribution in [2.24, 2.45) is 0 Å². The first kappa shape index (κ1) is 20.4. The number of nitrogens with zero attached hydrogens (tertiary/aromatic N) is 1. The molecule has 0 saturated heterocycles. The number of methoxy groups -OCH3 is 2. The zero-order valence-electron chi connectivity index (χ0n) is 16.1. The van der Waals surface area contributed by atoms with Crippen LogP contribution in [0.2, 0.25) is 0 Å². The van der Waals surface area contributed by atoms with Gasteiger partial charge in [-0.15, -0.1) is 0 Å². The van der Waals surface area contributed by atoms with Gasteiger partial charge < -0.3 is 23.9 Å². The maximum absolute atomic E-state index is 12.9. The minimum Gasteiger partial charge on any atom is -0.497 e. The first-order valence-corrected chi connectivity index (χ1v) is 8.76. The summed E-state index contributed by atoms with van der Waals surface area (Å²) in [7, 11) is 3.06. The summed E-state index contributed by atoms with van der Waals surface area (Å²) < 4.78 is 16.1. The van der Waals surface area contributed by atoms with Crippen molar-refractivity contribution in [1.82, 2.24) is 4.90 Å². The van der Waals surface area contributed by atoms with Gasteiger partial charge in [0.1, 0.15) is 23.8 Å². The fraction of sp³-hybridized carbons (Fsp3) is 0.400. The van der Waals surface area contributed by atoms with Crippen molar-refractivity contribution in [3.05, 3.63) is 46.9 Å². The highest BCUT2D eigenvalue weighted by Crippen LogP contribution is 2.25. The van der Waals surface area contributed by atoms with E-state index in [1.165, 1.54) is 19.1 Å². The molecule has 2 rings (SSSR count). The van der Waals surface area contributed by atoms with Gasteiger partial charge in [0.2, 0.25) is 0 Å². The number of amides is 1. The molecule has 1 N–H and O–H groups in total. The molecule has 0 aliphatic rings. The Morgan fingerprint density at radius 1 is 1.04 bits per heavy atom. The van der Waals surface area contributed by atoms with Crippen LogP contribution < -0.4 is 9.47 Å². The van der Waals surface area contributed by atoms with Gasteiger partial charge in [0, 0.05) is 19.0 Å². The molecule has 0 radical (unpaired) electrons. The van der Waals surface area contributed by atoms with Crippen molar-refractivity contribution in [2.75, 3.05) is 20.8 Å². The van der Waals surface area contributed by atoms with E-state index in [9.17, 15) is 14.7 Å². The zero-order chi connectivity index (χ0) is 20.0. The predicted octanol–water partition coefficient (Wildman–Crippen LogP) is 3.15. The predicted molar refractivity (Wildman–Crippen MR) is 99.4 cm³/mol. The summed E-state index contributed by atoms with van der Waals surface area (Å²) in [5, 5.41) is 9.24. The molecular formula is C20H25NO6. The van der Waals surface area contributed by atoms with Crippen molar-refractivity contribution < 1.29 is 28.6 Å². The quantitative estimate of drug-likeness (QED) is 0.724. The highest BCUT2D eigenvalue weighted by molar-refractivity contribution is 5.93. The Hall–Kier alpha value is -2.96. The number of furan rings is 1. The zero-order valence-corrected chi connectivity index (χ0v) is 16.1. The van der Waals surface area contributed by atoms with Gasteiger partial charge in [-0.1, -0.05) is 13.8 Å². The Balaban J connectivity index is 2.33. The second-order valence-corrected chi connectivity index (χ2v) is 6.04. The molecule has 0 saturated carbocycles. The first-order chi connectivity index (χ1) is 12.9. The van der Waals surface area contributed by atoms with Crippen molar-refractivity contribution in [2.45, 2.75) is 33.2 Å². The van der Waals surface area contributed by atoms with E-state index in [0.717, 1.165) is 17.7 Å². The lowest BCUT2D eigenvalue weighted by atomic mass is 10.1. The van der Waals surface area contributed by atoms with Crippen molar-refractivity contribution in [3.8, 4) is 11.5 Å². The fourth-order valence-corrected chi connectivity index (χ4v) is 2.87. The highest BCUT2D eigenvalue weighted by atomic mass is 16.5. The molecule has 0 aliphatic carbocycles. The number of aliphatic carboxylic acids is 1. The first-order valence-electron chi connectivity index (χ1n) is 8.76. The molecule has 0 bridgehead atoms. The topological polar surface area (TPSA) is 89.2 Å². The number of aryl methyl sites for hydroxylation is 2. The average Bonchev–Trinajstić information content (AvgIpc) is 3.09. The summed E-state index contributed by atoms with van der Waals surface area (Å²) in [5.74, 6) is 0.460. The number of ether oxygens (including phenoxy) is 2. The maximum Gasteiger partial charge on any atom is 0.323 e. The summed E-state index contributed by atoms with van der Waals surface area (Å²) in [4.78, 5) is 25.4. The Morgan fingerprint density at radius 2 is 1.67 bits per heavy atom. The van der Waals surface area contributed by atoms with Gasteiger partial charge in [-0.05, 0) is 35.7 Å². The lowest BCUT2D eigenvalue weighted by molar-refractivity contribution is -0.137. The van der Waals surface area contributed by atoms with Crippen LogP contribution in [0.15, 0.2) is 28.7 Å². The molecule has 1 amide bonds. The van der Waals surface area contributed by atoms with Gasteiger partial charge in [0.25, 0.3) is 5.91 Å². The molecule has 7 nitrogen and oxygen atoms in total. The molecule has 0 spiro atoms. The molecule has 0 atom stereocenters. The molecule has 0 aliphatic heterocycles. The third-order valence-electron chi connectivity index (χ3n) is 4.21. The van der Waals surface area contributed by atoms with Gasteiger partial charge in [-0.3, -0.25) is 9.59 Å². The van der Waals surface area contributed by atoms with E-state index in [2.05, 4.69) is 0 Å². The van der Waals surface area contributed by atoms with Gasteiger partial charge in [0.15, 0.2) is 5.76 Å². The number of hydrogen-bond acceptors (Lipinski definition) is 5. The van der Waals surface area contributed by atoms with E-state index < -0.39 is 18.4 Å². The third kappa shape index (κ3) is 5.03. The Labute approximate surface area is 158 Å². The number of carboxylic acid groups (broad SMARTS) is 1. The molecule has 2 aromatic rings. The van der Waals surface area contributed by atoms with E-state index in [1.807, 2.05) is 13.8 Å². The SMILES string of the molecule is CCc1cc(C(=O)N(CC(=O)O)Cc2cc(OC)cc(OC)c2)oc1CC. The molecule has 0 fully saturated rings. The van der Waals surface area contributed by atoms with Crippen LogP contribution in [0.5, 0.6) is 11.5 Å². The summed E-state index contributed by atoms with van der Waals surface area (Å²) >= 11 is 0. The molecule has 27 heavy (non-hydrogen) atoms. The molecule has 7 heteroatoms. The Bertz CT molecular complexity index is 767. The van der Waals surface area contributed by atoms with Gasteiger partial charge in [-0.25, -0.2) is 0 Å². The van der Waals surface area contributed by atoms with Crippen LogP contribution in [0.4, 0.5) is 0 Å². The van der Waals surface area contributed by atoms with Gasteiger partial charge in [0.05, 0.1) is 14.2 Å². The smallest absolute Gasteiger partial charge is 0.323 e. The normalized spacial score (nSPS) is 10.5. The van der Waals surface area contributed by atoms with E-state index >= 15 is 0 Å². The molecule has 146 valence electrons. The van der Waals surface area contributed by atoms with Gasteiger partial charge >= 0.3 is 5.97 Å². The number of carbonyl (C=O) groups is 2. The molecule has 1 heterocycles. The van der Waals surface area contributed by atoms with Crippen LogP contribution in [-0.2, 0) is 24.2 Å². The summed E-state index contributed by atoms with van der Waals surface area (Å²) in [6.07, 6.45) is 1.41. The second-order valence-electron chi connectivity index (χ2n) is 6.04. The van der Waals surface area contributed by atoms with Crippen LogP contribution in [0.1, 0.15) is 41.3 Å². The summed E-state index contributed by atoms with van der Waals surface area (Å²) in [6.45, 7) is 3.57. The van der Waals surface area contributed by atoms with E-state index in [-0.39, 0.29) is 12.3 Å². The van der Waals surface area contributed by atoms with E-state index in [1.54, 1.807) is 24.3 Å². The van der Waals surface area contributed by atoms with Crippen molar-refractivity contribution in [3.63, 3.8) is 0 Å². The number of hydrogen-bond donors (Lipinski definition) is 1. The second kappa shape index (κ2) is 9.12. The lowest BCUT2D eigenvalue weighted by Gasteiger charge is -2.20.